The number of methoxy groups -OCH3 is 1. The van der Waals surface area contributed by atoms with Gasteiger partial charge in [0.2, 0.25) is 5.88 Å². The Morgan fingerprint density at radius 1 is 1.12 bits per heavy atom. The molecule has 1 aliphatic heterocycles. The molecule has 1 fully saturated rings. The van der Waals surface area contributed by atoms with Crippen LogP contribution in [0.5, 0.6) is 5.88 Å². The number of carbonyl (C=O) groups excluding carboxylic acids is 1. The lowest BCUT2D eigenvalue weighted by Gasteiger charge is -2.28. The van der Waals surface area contributed by atoms with E-state index in [9.17, 15) is 4.79 Å². The number of carbonyl (C=O) groups is 1. The molecule has 1 aromatic carbocycles. The fourth-order valence-electron chi connectivity index (χ4n) is 5.13. The Morgan fingerprint density at radius 3 is 2.67 bits per heavy atom. The lowest BCUT2D eigenvalue weighted by atomic mass is 9.81. The van der Waals surface area contributed by atoms with Crippen LogP contribution in [0.4, 0.5) is 0 Å². The highest BCUT2D eigenvalue weighted by molar-refractivity contribution is 6.30. The molecule has 1 atom stereocenters. The lowest BCUT2D eigenvalue weighted by Crippen LogP contribution is -2.33. The molecule has 2 aromatic heterocycles. The number of hydrogen-bond donors (Lipinski definition) is 0. The highest BCUT2D eigenvalue weighted by atomic mass is 35.5. The number of pyridine rings is 1. The number of halogens is 1. The summed E-state index contributed by atoms with van der Waals surface area (Å²) >= 11 is 6.33. The van der Waals surface area contributed by atoms with Gasteiger partial charge in [-0.3, -0.25) is 9.36 Å². The molecule has 3 aromatic rings. The van der Waals surface area contributed by atoms with E-state index >= 15 is 0 Å². The summed E-state index contributed by atoms with van der Waals surface area (Å²) in [6.07, 6.45) is 6.64. The van der Waals surface area contributed by atoms with E-state index in [1.807, 2.05) is 43.3 Å². The Kier molecular flexibility index (Phi) is 5.83. The van der Waals surface area contributed by atoms with Gasteiger partial charge in [0, 0.05) is 29.6 Å². The number of aromatic nitrogens is 4. The van der Waals surface area contributed by atoms with E-state index < -0.39 is 5.41 Å². The van der Waals surface area contributed by atoms with Crippen LogP contribution in [0.1, 0.15) is 55.7 Å². The molecule has 0 radical (unpaired) electrons. The van der Waals surface area contributed by atoms with Crippen LogP contribution in [0.25, 0.3) is 5.69 Å². The number of esters is 1. The topological polar surface area (TPSA) is 79.1 Å². The second-order valence-electron chi connectivity index (χ2n) is 9.25. The molecule has 8 heteroatoms. The summed E-state index contributed by atoms with van der Waals surface area (Å²) in [4.78, 5) is 17.0. The van der Waals surface area contributed by atoms with Crippen molar-refractivity contribution >= 4 is 17.6 Å². The first-order valence-electron chi connectivity index (χ1n) is 11.4. The third-order valence-corrected chi connectivity index (χ3v) is 7.04. The van der Waals surface area contributed by atoms with Crippen LogP contribution in [0.15, 0.2) is 42.6 Å². The van der Waals surface area contributed by atoms with Crippen molar-refractivity contribution in [1.82, 2.24) is 19.7 Å². The smallest absolute Gasteiger partial charge is 0.312 e. The monoisotopic (exact) mass is 466 g/mol. The highest BCUT2D eigenvalue weighted by Crippen LogP contribution is 2.40. The molecule has 2 aliphatic rings. The fourth-order valence-corrected chi connectivity index (χ4v) is 5.33. The standard InChI is InChI=1S/C25H27ClN4O3/c1-25(24(31)32-2)14-17-13-18(26)8-11-20(17)30-21(15-25)28-29-23(30)16-6-9-19(10-7-16)33-22-5-3-4-12-27-22/h3-5,8,11-13,16,19H,6-7,9-10,14-15H2,1-2H3. The molecule has 0 saturated heterocycles. The minimum Gasteiger partial charge on any atom is -0.474 e. The van der Waals surface area contributed by atoms with Gasteiger partial charge in [0.05, 0.1) is 18.2 Å². The van der Waals surface area contributed by atoms with Crippen LogP contribution < -0.4 is 4.74 Å². The minimum absolute atomic E-state index is 0.149. The molecule has 1 unspecified atom stereocenters. The molecule has 3 heterocycles. The summed E-state index contributed by atoms with van der Waals surface area (Å²) in [5, 5.41) is 9.81. The van der Waals surface area contributed by atoms with Gasteiger partial charge in [-0.2, -0.15) is 0 Å². The summed E-state index contributed by atoms with van der Waals surface area (Å²) in [5.74, 6) is 2.41. The van der Waals surface area contributed by atoms with E-state index in [2.05, 4.69) is 19.7 Å². The average Bonchev–Trinajstić information content (AvgIpc) is 3.17. The largest absolute Gasteiger partial charge is 0.474 e. The van der Waals surface area contributed by atoms with Crippen molar-refractivity contribution in [3.05, 3.63) is 64.8 Å². The fraction of sp³-hybridized carbons (Fsp3) is 0.440. The zero-order valence-corrected chi connectivity index (χ0v) is 19.6. The first kappa shape index (κ1) is 21.9. The quantitative estimate of drug-likeness (QED) is 0.518. The summed E-state index contributed by atoms with van der Waals surface area (Å²) in [5.41, 5.74) is 1.26. The van der Waals surface area contributed by atoms with Gasteiger partial charge in [0.25, 0.3) is 0 Å². The third-order valence-electron chi connectivity index (χ3n) is 6.81. The van der Waals surface area contributed by atoms with Gasteiger partial charge in [-0.15, -0.1) is 10.2 Å². The van der Waals surface area contributed by atoms with Gasteiger partial charge in [-0.25, -0.2) is 4.98 Å². The van der Waals surface area contributed by atoms with Gasteiger partial charge in [-0.05, 0) is 68.9 Å². The van der Waals surface area contributed by atoms with Gasteiger partial charge in [-0.1, -0.05) is 17.7 Å². The van der Waals surface area contributed by atoms with Crippen molar-refractivity contribution in [1.29, 1.82) is 0 Å². The molecule has 0 bridgehead atoms. The maximum Gasteiger partial charge on any atom is 0.312 e. The molecule has 1 aliphatic carbocycles. The van der Waals surface area contributed by atoms with Crippen molar-refractivity contribution in [3.63, 3.8) is 0 Å². The number of benzene rings is 1. The van der Waals surface area contributed by atoms with Crippen LogP contribution in [0, 0.1) is 5.41 Å². The van der Waals surface area contributed by atoms with Crippen molar-refractivity contribution in [2.24, 2.45) is 5.41 Å². The van der Waals surface area contributed by atoms with E-state index in [-0.39, 0.29) is 18.0 Å². The highest BCUT2D eigenvalue weighted by Gasteiger charge is 2.41. The Bertz CT molecular complexity index is 1160. The first-order chi connectivity index (χ1) is 16.0. The number of hydrogen-bond acceptors (Lipinski definition) is 6. The van der Waals surface area contributed by atoms with Crippen LogP contribution in [0.3, 0.4) is 0 Å². The molecule has 172 valence electrons. The van der Waals surface area contributed by atoms with E-state index in [0.717, 1.165) is 48.6 Å². The zero-order valence-electron chi connectivity index (χ0n) is 18.8. The predicted octanol–water partition coefficient (Wildman–Crippen LogP) is 4.70. The molecular formula is C25H27ClN4O3. The average molecular weight is 467 g/mol. The number of ether oxygens (including phenoxy) is 2. The Hall–Kier alpha value is -2.93. The second-order valence-corrected chi connectivity index (χ2v) is 9.68. The van der Waals surface area contributed by atoms with Crippen molar-refractivity contribution in [2.75, 3.05) is 7.11 Å². The zero-order chi connectivity index (χ0) is 23.0. The first-order valence-corrected chi connectivity index (χ1v) is 11.7. The number of fused-ring (bicyclic) bond motifs is 3. The molecular weight excluding hydrogens is 440 g/mol. The summed E-state index contributed by atoms with van der Waals surface area (Å²) in [7, 11) is 1.43. The summed E-state index contributed by atoms with van der Waals surface area (Å²) in [6.45, 7) is 1.92. The second kappa shape index (κ2) is 8.78. The molecule has 0 N–H and O–H groups in total. The van der Waals surface area contributed by atoms with E-state index in [4.69, 9.17) is 21.1 Å². The predicted molar refractivity (Wildman–Crippen MR) is 124 cm³/mol. The van der Waals surface area contributed by atoms with Crippen LogP contribution in [-0.2, 0) is 22.4 Å². The minimum atomic E-state index is -0.735. The van der Waals surface area contributed by atoms with E-state index in [1.165, 1.54) is 7.11 Å². The van der Waals surface area contributed by atoms with Crippen LogP contribution in [0.2, 0.25) is 5.02 Å². The third kappa shape index (κ3) is 4.22. The van der Waals surface area contributed by atoms with Crippen molar-refractivity contribution < 1.29 is 14.3 Å². The number of nitrogens with zero attached hydrogens (tertiary/aromatic N) is 4. The molecule has 7 nitrogen and oxygen atoms in total. The Balaban J connectivity index is 1.44. The van der Waals surface area contributed by atoms with Gasteiger partial charge < -0.3 is 9.47 Å². The maximum absolute atomic E-state index is 12.7. The lowest BCUT2D eigenvalue weighted by molar-refractivity contribution is -0.151. The normalized spacial score (nSPS) is 24.3. The summed E-state index contributed by atoms with van der Waals surface area (Å²) < 4.78 is 13.4. The van der Waals surface area contributed by atoms with Crippen molar-refractivity contribution in [2.45, 2.75) is 57.5 Å². The van der Waals surface area contributed by atoms with E-state index in [0.29, 0.717) is 23.7 Å². The van der Waals surface area contributed by atoms with Crippen LogP contribution >= 0.6 is 11.6 Å². The Morgan fingerprint density at radius 2 is 1.94 bits per heavy atom. The number of rotatable bonds is 4. The van der Waals surface area contributed by atoms with Gasteiger partial charge >= 0.3 is 5.97 Å². The van der Waals surface area contributed by atoms with Crippen LogP contribution in [-0.4, -0.2) is 38.9 Å². The molecule has 0 spiro atoms. The Labute approximate surface area is 198 Å². The molecule has 0 amide bonds. The van der Waals surface area contributed by atoms with E-state index in [1.54, 1.807) is 6.20 Å². The summed E-state index contributed by atoms with van der Waals surface area (Å²) in [6, 6.07) is 11.5. The van der Waals surface area contributed by atoms with Crippen molar-refractivity contribution in [3.8, 4) is 11.6 Å². The van der Waals surface area contributed by atoms with Gasteiger partial charge in [0.1, 0.15) is 17.8 Å². The van der Waals surface area contributed by atoms with Gasteiger partial charge in [0.15, 0.2) is 0 Å². The maximum atomic E-state index is 12.7. The molecule has 5 rings (SSSR count). The molecule has 33 heavy (non-hydrogen) atoms. The SMILES string of the molecule is COC(=O)C1(C)Cc2cc(Cl)ccc2-n2c(nnc2C2CCC(Oc3ccccn3)CC2)C1. The molecule has 1 saturated carbocycles.